The van der Waals surface area contributed by atoms with Gasteiger partial charge in [0.25, 0.3) is 0 Å². The number of aromatic nitrogens is 2. The quantitative estimate of drug-likeness (QED) is 0.305. The summed E-state index contributed by atoms with van der Waals surface area (Å²) >= 11 is 0. The molecule has 0 saturated carbocycles. The third kappa shape index (κ3) is 4.58. The van der Waals surface area contributed by atoms with E-state index in [9.17, 15) is 19.7 Å². The molecular weight excluding hydrogens is 350 g/mol. The molecule has 8 nitrogen and oxygen atoms in total. The molecule has 27 heavy (non-hydrogen) atoms. The molecular formula is C19H23N3O5. The van der Waals surface area contributed by atoms with Crippen LogP contribution in [0.4, 0.5) is 5.69 Å². The van der Waals surface area contributed by atoms with Crippen molar-refractivity contribution in [2.75, 3.05) is 6.61 Å². The van der Waals surface area contributed by atoms with Crippen LogP contribution in [0.3, 0.4) is 0 Å². The summed E-state index contributed by atoms with van der Waals surface area (Å²) in [7, 11) is 0. The zero-order valence-corrected chi connectivity index (χ0v) is 15.9. The van der Waals surface area contributed by atoms with Gasteiger partial charge in [-0.1, -0.05) is 26.0 Å². The number of aryl methyl sites for hydroxylation is 3. The van der Waals surface area contributed by atoms with E-state index in [1.165, 1.54) is 18.5 Å². The van der Waals surface area contributed by atoms with Gasteiger partial charge >= 0.3 is 11.7 Å². The molecule has 0 atom stereocenters. The van der Waals surface area contributed by atoms with Gasteiger partial charge in [-0.05, 0) is 43.9 Å². The number of rotatable bonds is 8. The lowest BCUT2D eigenvalue weighted by atomic mass is 9.98. The zero-order valence-electron chi connectivity index (χ0n) is 15.9. The third-order valence-corrected chi connectivity index (χ3v) is 4.43. The lowest BCUT2D eigenvalue weighted by molar-refractivity contribution is -0.386. The first kappa shape index (κ1) is 20.3. The SMILES string of the molecule is CCc1ccc(CC)c(C(=O)COC(=O)Cn2nc(C)c([N+](=O)[O-])c2C)c1. The molecule has 1 aromatic carbocycles. The highest BCUT2D eigenvalue weighted by Gasteiger charge is 2.23. The fourth-order valence-corrected chi connectivity index (χ4v) is 2.91. The van der Waals surface area contributed by atoms with E-state index in [-0.39, 0.29) is 36.0 Å². The van der Waals surface area contributed by atoms with Gasteiger partial charge < -0.3 is 4.74 Å². The fourth-order valence-electron chi connectivity index (χ4n) is 2.91. The molecule has 1 heterocycles. The van der Waals surface area contributed by atoms with Gasteiger partial charge in [0.1, 0.15) is 17.9 Å². The number of ether oxygens (including phenoxy) is 1. The van der Waals surface area contributed by atoms with E-state index in [4.69, 9.17) is 4.74 Å². The first-order valence-electron chi connectivity index (χ1n) is 8.77. The molecule has 1 aromatic heterocycles. The minimum absolute atomic E-state index is 0.122. The molecule has 0 amide bonds. The van der Waals surface area contributed by atoms with Crippen LogP contribution in [0, 0.1) is 24.0 Å². The molecule has 0 aliphatic carbocycles. The summed E-state index contributed by atoms with van der Waals surface area (Å²) in [6, 6.07) is 5.74. The van der Waals surface area contributed by atoms with Crippen molar-refractivity contribution in [3.63, 3.8) is 0 Å². The smallest absolute Gasteiger partial charge is 0.328 e. The van der Waals surface area contributed by atoms with Crippen molar-refractivity contribution >= 4 is 17.4 Å². The Morgan fingerprint density at radius 2 is 1.93 bits per heavy atom. The second kappa shape index (κ2) is 8.57. The van der Waals surface area contributed by atoms with E-state index in [2.05, 4.69) is 5.10 Å². The lowest BCUT2D eigenvalue weighted by Crippen LogP contribution is -2.20. The van der Waals surface area contributed by atoms with E-state index < -0.39 is 10.9 Å². The van der Waals surface area contributed by atoms with Crippen LogP contribution in [0.25, 0.3) is 0 Å². The Bertz CT molecular complexity index is 886. The molecule has 0 radical (unpaired) electrons. The second-order valence-electron chi connectivity index (χ2n) is 6.22. The fraction of sp³-hybridized carbons (Fsp3) is 0.421. The van der Waals surface area contributed by atoms with Crippen molar-refractivity contribution in [3.05, 3.63) is 56.4 Å². The Kier molecular flexibility index (Phi) is 6.44. The van der Waals surface area contributed by atoms with Crippen LogP contribution in [0.2, 0.25) is 0 Å². The van der Waals surface area contributed by atoms with Crippen LogP contribution in [-0.2, 0) is 28.9 Å². The monoisotopic (exact) mass is 373 g/mol. The normalized spacial score (nSPS) is 10.7. The minimum Gasteiger partial charge on any atom is -0.456 e. The van der Waals surface area contributed by atoms with Gasteiger partial charge in [-0.25, -0.2) is 0 Å². The van der Waals surface area contributed by atoms with Crippen molar-refractivity contribution in [1.82, 2.24) is 9.78 Å². The number of nitro groups is 1. The number of ketones is 1. The van der Waals surface area contributed by atoms with Gasteiger partial charge in [0, 0.05) is 5.56 Å². The standard InChI is InChI=1S/C19H23N3O5/c1-5-14-7-8-15(6-2)16(9-14)17(23)11-27-18(24)10-21-13(4)19(22(25)26)12(3)20-21/h7-9H,5-6,10-11H2,1-4H3. The lowest BCUT2D eigenvalue weighted by Gasteiger charge is -2.10. The van der Waals surface area contributed by atoms with Gasteiger partial charge in [0.2, 0.25) is 5.78 Å². The highest BCUT2D eigenvalue weighted by molar-refractivity contribution is 5.99. The van der Waals surface area contributed by atoms with E-state index in [1.54, 1.807) is 0 Å². The number of Topliss-reactive ketones (excluding diaryl/α,β-unsaturated/α-hetero) is 1. The van der Waals surface area contributed by atoms with E-state index in [0.717, 1.165) is 17.5 Å². The molecule has 8 heteroatoms. The molecule has 0 aliphatic rings. The number of hydrogen-bond acceptors (Lipinski definition) is 6. The number of benzene rings is 1. The predicted octanol–water partition coefficient (Wildman–Crippen LogP) is 2.96. The van der Waals surface area contributed by atoms with Crippen molar-refractivity contribution in [2.24, 2.45) is 0 Å². The minimum atomic E-state index is -0.673. The molecule has 0 N–H and O–H groups in total. The van der Waals surface area contributed by atoms with Crippen LogP contribution < -0.4 is 0 Å². The van der Waals surface area contributed by atoms with E-state index in [0.29, 0.717) is 12.0 Å². The summed E-state index contributed by atoms with van der Waals surface area (Å²) in [6.07, 6.45) is 1.51. The topological polar surface area (TPSA) is 104 Å². The maximum absolute atomic E-state index is 12.5. The third-order valence-electron chi connectivity index (χ3n) is 4.43. The maximum atomic E-state index is 12.5. The largest absolute Gasteiger partial charge is 0.456 e. The summed E-state index contributed by atoms with van der Waals surface area (Å²) in [6.45, 7) is 6.32. The second-order valence-corrected chi connectivity index (χ2v) is 6.22. The highest BCUT2D eigenvalue weighted by Crippen LogP contribution is 2.21. The van der Waals surface area contributed by atoms with Crippen molar-refractivity contribution in [3.8, 4) is 0 Å². The molecule has 2 rings (SSSR count). The van der Waals surface area contributed by atoms with Gasteiger partial charge in [0.15, 0.2) is 6.61 Å². The summed E-state index contributed by atoms with van der Waals surface area (Å²) in [5.74, 6) is -0.941. The van der Waals surface area contributed by atoms with Crippen molar-refractivity contribution < 1.29 is 19.2 Å². The average molecular weight is 373 g/mol. The van der Waals surface area contributed by atoms with Crippen molar-refractivity contribution in [2.45, 2.75) is 47.1 Å². The Labute approximate surface area is 157 Å². The number of nitrogens with zero attached hydrogens (tertiary/aromatic N) is 3. The van der Waals surface area contributed by atoms with E-state index in [1.807, 2.05) is 32.0 Å². The Balaban J connectivity index is 2.05. The molecule has 0 fully saturated rings. The summed E-state index contributed by atoms with van der Waals surface area (Å²) < 4.78 is 6.30. The van der Waals surface area contributed by atoms with Gasteiger partial charge in [-0.2, -0.15) is 5.10 Å². The van der Waals surface area contributed by atoms with Crippen LogP contribution in [0.15, 0.2) is 18.2 Å². The van der Waals surface area contributed by atoms with Gasteiger partial charge in [0.05, 0.1) is 4.92 Å². The number of esters is 1. The molecule has 0 bridgehead atoms. The first-order chi connectivity index (χ1) is 12.8. The number of hydrogen-bond donors (Lipinski definition) is 0. The average Bonchev–Trinajstić information content (AvgIpc) is 2.92. The summed E-state index contributed by atoms with van der Waals surface area (Å²) in [5.41, 5.74) is 2.88. The molecule has 0 spiro atoms. The van der Waals surface area contributed by atoms with Crippen LogP contribution in [-0.4, -0.2) is 33.1 Å². The zero-order chi connectivity index (χ0) is 20.1. The van der Waals surface area contributed by atoms with E-state index >= 15 is 0 Å². The molecule has 0 aliphatic heterocycles. The Morgan fingerprint density at radius 3 is 2.48 bits per heavy atom. The highest BCUT2D eigenvalue weighted by atomic mass is 16.6. The van der Waals surface area contributed by atoms with Crippen LogP contribution in [0.1, 0.15) is 46.7 Å². The first-order valence-corrected chi connectivity index (χ1v) is 8.77. The number of carbonyl (C=O) groups excluding carboxylic acids is 2. The molecule has 144 valence electrons. The van der Waals surface area contributed by atoms with Crippen LogP contribution >= 0.6 is 0 Å². The molecule has 0 saturated heterocycles. The molecule has 2 aromatic rings. The molecule has 0 unspecified atom stereocenters. The summed E-state index contributed by atoms with van der Waals surface area (Å²) in [5, 5.41) is 15.0. The Morgan fingerprint density at radius 1 is 1.22 bits per heavy atom. The summed E-state index contributed by atoms with van der Waals surface area (Å²) in [4.78, 5) is 35.0. The maximum Gasteiger partial charge on any atom is 0.328 e. The van der Waals surface area contributed by atoms with Crippen LogP contribution in [0.5, 0.6) is 0 Å². The number of carbonyl (C=O) groups is 2. The van der Waals surface area contributed by atoms with Gasteiger partial charge in [-0.3, -0.25) is 24.4 Å². The Hall–Kier alpha value is -3.03. The van der Waals surface area contributed by atoms with Crippen molar-refractivity contribution in [1.29, 1.82) is 0 Å². The van der Waals surface area contributed by atoms with Gasteiger partial charge in [-0.15, -0.1) is 0 Å². The predicted molar refractivity (Wildman–Crippen MR) is 98.8 cm³/mol.